The smallest absolute Gasteiger partial charge is 0.123 e. The molecule has 0 radical (unpaired) electrons. The third-order valence-corrected chi connectivity index (χ3v) is 2.46. The van der Waals surface area contributed by atoms with E-state index in [1.165, 1.54) is 0 Å². The lowest BCUT2D eigenvalue weighted by atomic mass is 9.99. The maximum absolute atomic E-state index is 9.69. The van der Waals surface area contributed by atoms with Crippen LogP contribution in [0.4, 0.5) is 0 Å². The number of aromatic hydroxyl groups is 1. The van der Waals surface area contributed by atoms with Gasteiger partial charge < -0.3 is 9.84 Å². The van der Waals surface area contributed by atoms with E-state index in [0.29, 0.717) is 11.7 Å². The molecule has 1 heterocycles. The van der Waals surface area contributed by atoms with Gasteiger partial charge in [-0.2, -0.15) is 0 Å². The van der Waals surface area contributed by atoms with Crippen LogP contribution in [0.5, 0.6) is 11.5 Å². The van der Waals surface area contributed by atoms with Gasteiger partial charge in [-0.05, 0) is 18.1 Å². The van der Waals surface area contributed by atoms with E-state index in [1.54, 1.807) is 0 Å². The zero-order valence-electron chi connectivity index (χ0n) is 8.00. The van der Waals surface area contributed by atoms with Crippen molar-refractivity contribution in [3.05, 3.63) is 23.3 Å². The molecular weight excluding hydrogens is 164 g/mol. The number of phenols is 1. The Hall–Kier alpha value is -1.18. The summed E-state index contributed by atoms with van der Waals surface area (Å²) < 4.78 is 5.43. The first kappa shape index (κ1) is 8.42. The summed E-state index contributed by atoms with van der Waals surface area (Å²) in [4.78, 5) is 0. The Morgan fingerprint density at radius 1 is 1.38 bits per heavy atom. The Morgan fingerprint density at radius 3 is 2.85 bits per heavy atom. The molecule has 0 saturated heterocycles. The van der Waals surface area contributed by atoms with Gasteiger partial charge in [0, 0.05) is 17.5 Å². The summed E-state index contributed by atoms with van der Waals surface area (Å²) in [6.45, 7) is 4.88. The molecule has 2 rings (SSSR count). The molecule has 2 nitrogen and oxygen atoms in total. The van der Waals surface area contributed by atoms with Gasteiger partial charge in [0.2, 0.25) is 0 Å². The second-order valence-corrected chi connectivity index (χ2v) is 3.77. The van der Waals surface area contributed by atoms with Gasteiger partial charge in [-0.15, -0.1) is 0 Å². The Morgan fingerprint density at radius 2 is 2.15 bits per heavy atom. The average molecular weight is 178 g/mol. The summed E-state index contributed by atoms with van der Waals surface area (Å²) in [7, 11) is 0. The maximum Gasteiger partial charge on any atom is 0.123 e. The lowest BCUT2D eigenvalue weighted by Gasteiger charge is -2.10. The molecule has 1 aromatic rings. The van der Waals surface area contributed by atoms with Gasteiger partial charge in [-0.25, -0.2) is 0 Å². The van der Waals surface area contributed by atoms with E-state index in [2.05, 4.69) is 13.8 Å². The fraction of sp³-hybridized carbons (Fsp3) is 0.455. The first-order valence-electron chi connectivity index (χ1n) is 4.67. The highest BCUT2D eigenvalue weighted by atomic mass is 16.5. The monoisotopic (exact) mass is 178 g/mol. The molecule has 0 saturated carbocycles. The second kappa shape index (κ2) is 2.95. The number of rotatable bonds is 1. The Bertz CT molecular complexity index is 329. The van der Waals surface area contributed by atoms with Crippen LogP contribution in [0.3, 0.4) is 0 Å². The lowest BCUT2D eigenvalue weighted by molar-refractivity contribution is 0.356. The summed E-state index contributed by atoms with van der Waals surface area (Å²) in [6, 6.07) is 3.79. The van der Waals surface area contributed by atoms with E-state index in [4.69, 9.17) is 4.74 Å². The largest absolute Gasteiger partial charge is 0.508 e. The Labute approximate surface area is 78.2 Å². The van der Waals surface area contributed by atoms with E-state index in [1.807, 2.05) is 12.1 Å². The average Bonchev–Trinajstić information content (AvgIpc) is 2.48. The normalized spacial score (nSPS) is 14.4. The van der Waals surface area contributed by atoms with Crippen LogP contribution in [0.1, 0.15) is 30.9 Å². The summed E-state index contributed by atoms with van der Waals surface area (Å²) >= 11 is 0. The van der Waals surface area contributed by atoms with Crippen LogP contribution in [0, 0.1) is 0 Å². The summed E-state index contributed by atoms with van der Waals surface area (Å²) in [5, 5.41) is 9.69. The Balaban J connectivity index is 2.49. The minimum Gasteiger partial charge on any atom is -0.508 e. The minimum atomic E-state index is 0.342. The van der Waals surface area contributed by atoms with Crippen LogP contribution in [-0.2, 0) is 6.42 Å². The van der Waals surface area contributed by atoms with E-state index in [-0.39, 0.29) is 0 Å². The molecule has 2 heteroatoms. The van der Waals surface area contributed by atoms with Crippen molar-refractivity contribution in [2.45, 2.75) is 26.2 Å². The predicted molar refractivity (Wildman–Crippen MR) is 51.4 cm³/mol. The third-order valence-electron chi connectivity index (χ3n) is 2.46. The first-order valence-corrected chi connectivity index (χ1v) is 4.67. The lowest BCUT2D eigenvalue weighted by Crippen LogP contribution is -1.90. The van der Waals surface area contributed by atoms with Crippen molar-refractivity contribution in [3.63, 3.8) is 0 Å². The van der Waals surface area contributed by atoms with Gasteiger partial charge >= 0.3 is 0 Å². The van der Waals surface area contributed by atoms with Crippen molar-refractivity contribution >= 4 is 0 Å². The molecule has 0 unspecified atom stereocenters. The predicted octanol–water partition coefficient (Wildman–Crippen LogP) is 2.45. The van der Waals surface area contributed by atoms with Gasteiger partial charge in [0.25, 0.3) is 0 Å². The van der Waals surface area contributed by atoms with Gasteiger partial charge in [0.15, 0.2) is 0 Å². The highest BCUT2D eigenvalue weighted by Gasteiger charge is 2.16. The number of benzene rings is 1. The molecule has 1 aromatic carbocycles. The van der Waals surface area contributed by atoms with Crippen molar-refractivity contribution in [3.8, 4) is 11.5 Å². The van der Waals surface area contributed by atoms with Gasteiger partial charge in [0.05, 0.1) is 6.61 Å². The topological polar surface area (TPSA) is 29.5 Å². The fourth-order valence-electron chi connectivity index (χ4n) is 1.69. The standard InChI is InChI=1S/C11H14O2/c1-7(2)9-6-11-8(3-4-13-11)5-10(9)12/h5-7,12H,3-4H2,1-2H3. The zero-order valence-corrected chi connectivity index (χ0v) is 8.00. The molecule has 70 valence electrons. The van der Waals surface area contributed by atoms with Crippen LogP contribution in [0.25, 0.3) is 0 Å². The molecule has 1 N–H and O–H groups in total. The third kappa shape index (κ3) is 1.37. The number of hydrogen-bond donors (Lipinski definition) is 1. The summed E-state index contributed by atoms with van der Waals surface area (Å²) in [6.07, 6.45) is 0.918. The molecule has 0 aromatic heterocycles. The van der Waals surface area contributed by atoms with Crippen molar-refractivity contribution in [2.75, 3.05) is 6.61 Å². The molecule has 0 amide bonds. The molecular formula is C11H14O2. The van der Waals surface area contributed by atoms with E-state index in [9.17, 15) is 5.11 Å². The SMILES string of the molecule is CC(C)c1cc2c(cc1O)CCO2. The summed E-state index contributed by atoms with van der Waals surface area (Å²) in [5.74, 6) is 1.69. The molecule has 0 spiro atoms. The van der Waals surface area contributed by atoms with Crippen LogP contribution in [0.2, 0.25) is 0 Å². The molecule has 0 aliphatic carbocycles. The molecule has 0 atom stereocenters. The van der Waals surface area contributed by atoms with Crippen molar-refractivity contribution in [2.24, 2.45) is 0 Å². The molecule has 1 aliphatic heterocycles. The highest BCUT2D eigenvalue weighted by molar-refractivity contribution is 5.48. The van der Waals surface area contributed by atoms with E-state index >= 15 is 0 Å². The number of ether oxygens (including phenoxy) is 1. The minimum absolute atomic E-state index is 0.342. The molecule has 13 heavy (non-hydrogen) atoms. The van der Waals surface area contributed by atoms with E-state index < -0.39 is 0 Å². The van der Waals surface area contributed by atoms with Crippen LogP contribution < -0.4 is 4.74 Å². The quantitative estimate of drug-likeness (QED) is 0.715. The molecule has 1 aliphatic rings. The van der Waals surface area contributed by atoms with Crippen LogP contribution in [0.15, 0.2) is 12.1 Å². The highest BCUT2D eigenvalue weighted by Crippen LogP contribution is 2.35. The van der Waals surface area contributed by atoms with Crippen molar-refractivity contribution < 1.29 is 9.84 Å². The number of phenolic OH excluding ortho intramolecular Hbond substituents is 1. The van der Waals surface area contributed by atoms with Crippen LogP contribution >= 0.6 is 0 Å². The Kier molecular flexibility index (Phi) is 1.91. The molecule has 0 bridgehead atoms. The van der Waals surface area contributed by atoms with Crippen LogP contribution in [-0.4, -0.2) is 11.7 Å². The fourth-order valence-corrected chi connectivity index (χ4v) is 1.69. The molecule has 0 fully saturated rings. The number of fused-ring (bicyclic) bond motifs is 1. The van der Waals surface area contributed by atoms with Crippen molar-refractivity contribution in [1.29, 1.82) is 0 Å². The van der Waals surface area contributed by atoms with Gasteiger partial charge in [-0.3, -0.25) is 0 Å². The van der Waals surface area contributed by atoms with Crippen molar-refractivity contribution in [1.82, 2.24) is 0 Å². The van der Waals surface area contributed by atoms with Gasteiger partial charge in [-0.1, -0.05) is 13.8 Å². The van der Waals surface area contributed by atoms with E-state index in [0.717, 1.165) is 29.9 Å². The summed E-state index contributed by atoms with van der Waals surface area (Å²) in [5.41, 5.74) is 2.10. The maximum atomic E-state index is 9.69. The first-order chi connectivity index (χ1) is 6.18. The van der Waals surface area contributed by atoms with Gasteiger partial charge in [0.1, 0.15) is 11.5 Å². The second-order valence-electron chi connectivity index (χ2n) is 3.77. The zero-order chi connectivity index (χ0) is 9.42. The number of hydrogen-bond acceptors (Lipinski definition) is 2.